The Hall–Kier alpha value is -3.66. The van der Waals surface area contributed by atoms with Crippen LogP contribution in [0.4, 0.5) is 0 Å². The molecular formula is C23H29N3O7. The number of hydrogen-bond donors (Lipinski definition) is 4. The zero-order chi connectivity index (χ0) is 24.8. The zero-order valence-corrected chi connectivity index (χ0v) is 18.8. The highest BCUT2D eigenvalue weighted by Gasteiger charge is 2.27. The summed E-state index contributed by atoms with van der Waals surface area (Å²) in [5.74, 6) is -3.33. The normalized spacial score (nSPS) is 13.1. The quantitative estimate of drug-likeness (QED) is 0.237. The maximum Gasteiger partial charge on any atom is 0.331 e. The highest BCUT2D eigenvalue weighted by Crippen LogP contribution is 2.20. The van der Waals surface area contributed by atoms with E-state index in [2.05, 4.69) is 16.9 Å². The van der Waals surface area contributed by atoms with Gasteiger partial charge >= 0.3 is 17.9 Å². The van der Waals surface area contributed by atoms with Crippen molar-refractivity contribution in [3.05, 3.63) is 48.2 Å². The van der Waals surface area contributed by atoms with Crippen molar-refractivity contribution in [2.24, 2.45) is 11.1 Å². The standard InChI is InChI=1S/C23H29N3O7/c1-13(19(24)20(28)29)9-18(27)26-17(21(30)32-12-33-22(31)23(2,3)4)10-14-11-25-16-8-6-5-7-15(14)16/h5-8,11,17,19,25H,1,9-10,12,24H2,2-4H3,(H,26,27)(H,28,29)/t17-,19?/m1/s1. The summed E-state index contributed by atoms with van der Waals surface area (Å²) in [6, 6.07) is 4.90. The van der Waals surface area contributed by atoms with E-state index in [-0.39, 0.29) is 18.4 Å². The minimum absolute atomic E-state index is 0.0154. The van der Waals surface area contributed by atoms with Crippen molar-refractivity contribution in [3.63, 3.8) is 0 Å². The zero-order valence-electron chi connectivity index (χ0n) is 18.8. The highest BCUT2D eigenvalue weighted by molar-refractivity contribution is 5.89. The van der Waals surface area contributed by atoms with Gasteiger partial charge in [-0.25, -0.2) is 4.79 Å². The number of aromatic nitrogens is 1. The van der Waals surface area contributed by atoms with Crippen molar-refractivity contribution in [3.8, 4) is 0 Å². The number of para-hydroxylation sites is 1. The first kappa shape index (κ1) is 25.6. The summed E-state index contributed by atoms with van der Waals surface area (Å²) in [5, 5.41) is 12.4. The van der Waals surface area contributed by atoms with Gasteiger partial charge in [0.15, 0.2) is 0 Å². The fourth-order valence-electron chi connectivity index (χ4n) is 2.91. The number of rotatable bonds is 10. The van der Waals surface area contributed by atoms with Gasteiger partial charge < -0.3 is 30.6 Å². The van der Waals surface area contributed by atoms with Gasteiger partial charge in [0.05, 0.1) is 5.41 Å². The van der Waals surface area contributed by atoms with E-state index in [1.165, 1.54) is 0 Å². The number of carboxylic acids is 1. The molecule has 0 saturated heterocycles. The van der Waals surface area contributed by atoms with Crippen LogP contribution in [0.1, 0.15) is 32.8 Å². The van der Waals surface area contributed by atoms with E-state index in [1.54, 1.807) is 27.0 Å². The average Bonchev–Trinajstić information content (AvgIpc) is 3.14. The van der Waals surface area contributed by atoms with Crippen molar-refractivity contribution < 1.29 is 33.8 Å². The minimum atomic E-state index is -1.41. The molecule has 2 rings (SSSR count). The molecule has 0 aliphatic heterocycles. The van der Waals surface area contributed by atoms with Gasteiger partial charge in [0.2, 0.25) is 12.7 Å². The third kappa shape index (κ3) is 7.18. The predicted molar refractivity (Wildman–Crippen MR) is 120 cm³/mol. The lowest BCUT2D eigenvalue weighted by Gasteiger charge is -2.20. The molecule has 1 aromatic heterocycles. The molecular weight excluding hydrogens is 430 g/mol. The second-order valence-corrected chi connectivity index (χ2v) is 8.60. The van der Waals surface area contributed by atoms with Gasteiger partial charge in [-0.15, -0.1) is 0 Å². The average molecular weight is 459 g/mol. The number of nitrogens with two attached hydrogens (primary N) is 1. The molecule has 1 aromatic carbocycles. The molecule has 0 spiro atoms. The maximum absolute atomic E-state index is 12.7. The SMILES string of the molecule is C=C(CC(=O)N[C@H](Cc1c[nH]c2ccccc12)C(=O)OCOC(=O)C(C)(C)C)C(N)C(=O)O. The lowest BCUT2D eigenvalue weighted by Crippen LogP contribution is -2.44. The predicted octanol–water partition coefficient (Wildman–Crippen LogP) is 1.64. The number of carboxylic acid groups (broad SMARTS) is 1. The monoisotopic (exact) mass is 459 g/mol. The summed E-state index contributed by atoms with van der Waals surface area (Å²) in [4.78, 5) is 51.2. The summed E-state index contributed by atoms with van der Waals surface area (Å²) < 4.78 is 10.0. The summed E-state index contributed by atoms with van der Waals surface area (Å²) >= 11 is 0. The van der Waals surface area contributed by atoms with Gasteiger partial charge in [-0.2, -0.15) is 0 Å². The summed E-state index contributed by atoms with van der Waals surface area (Å²) in [6.45, 7) is 7.90. The van der Waals surface area contributed by atoms with Crippen molar-refractivity contribution in [1.29, 1.82) is 0 Å². The largest absolute Gasteiger partial charge is 0.480 e. The van der Waals surface area contributed by atoms with E-state index in [0.29, 0.717) is 0 Å². The number of carbonyl (C=O) groups excluding carboxylic acids is 3. The number of H-pyrrole nitrogens is 1. The number of fused-ring (bicyclic) bond motifs is 1. The van der Waals surface area contributed by atoms with Gasteiger partial charge in [0, 0.05) is 29.9 Å². The molecule has 10 nitrogen and oxygen atoms in total. The number of esters is 2. The second kappa shape index (κ2) is 10.8. The van der Waals surface area contributed by atoms with Gasteiger partial charge in [0.25, 0.3) is 0 Å². The number of ether oxygens (including phenoxy) is 2. The van der Waals surface area contributed by atoms with E-state index in [4.69, 9.17) is 20.3 Å². The second-order valence-electron chi connectivity index (χ2n) is 8.60. The summed E-state index contributed by atoms with van der Waals surface area (Å²) in [7, 11) is 0. The molecule has 2 aromatic rings. The van der Waals surface area contributed by atoms with Gasteiger partial charge in [-0.3, -0.25) is 14.4 Å². The van der Waals surface area contributed by atoms with Crippen LogP contribution in [0.5, 0.6) is 0 Å². The maximum atomic E-state index is 12.7. The number of aliphatic carboxylic acids is 1. The number of benzene rings is 1. The molecule has 0 bridgehead atoms. The van der Waals surface area contributed by atoms with Gasteiger partial charge in [0.1, 0.15) is 12.1 Å². The number of nitrogens with one attached hydrogen (secondary N) is 2. The first-order valence-electron chi connectivity index (χ1n) is 10.2. The van der Waals surface area contributed by atoms with E-state index >= 15 is 0 Å². The Balaban J connectivity index is 2.12. The molecule has 0 aliphatic carbocycles. The molecule has 5 N–H and O–H groups in total. The number of amides is 1. The Morgan fingerprint density at radius 3 is 2.48 bits per heavy atom. The van der Waals surface area contributed by atoms with Crippen molar-refractivity contribution >= 4 is 34.7 Å². The molecule has 1 unspecified atom stereocenters. The summed E-state index contributed by atoms with van der Waals surface area (Å²) in [6.07, 6.45) is 1.42. The van der Waals surface area contributed by atoms with Gasteiger partial charge in [-0.05, 0) is 38.0 Å². The topological polar surface area (TPSA) is 161 Å². The van der Waals surface area contributed by atoms with Crippen LogP contribution in [-0.4, -0.2) is 52.8 Å². The lowest BCUT2D eigenvalue weighted by atomic mass is 9.98. The fourth-order valence-corrected chi connectivity index (χ4v) is 2.91. The Morgan fingerprint density at radius 2 is 1.85 bits per heavy atom. The molecule has 2 atom stereocenters. The Morgan fingerprint density at radius 1 is 1.18 bits per heavy atom. The number of carbonyl (C=O) groups is 4. The van der Waals surface area contributed by atoms with E-state index in [0.717, 1.165) is 16.5 Å². The Kier molecular flexibility index (Phi) is 8.36. The van der Waals surface area contributed by atoms with E-state index in [9.17, 15) is 19.2 Å². The molecule has 0 aliphatic rings. The molecule has 178 valence electrons. The minimum Gasteiger partial charge on any atom is -0.480 e. The third-order valence-electron chi connectivity index (χ3n) is 4.82. The highest BCUT2D eigenvalue weighted by atomic mass is 16.7. The van der Waals surface area contributed by atoms with Crippen LogP contribution < -0.4 is 11.1 Å². The Labute approximate surface area is 191 Å². The molecule has 1 heterocycles. The lowest BCUT2D eigenvalue weighted by molar-refractivity contribution is -0.174. The van der Waals surface area contributed by atoms with Crippen molar-refractivity contribution in [1.82, 2.24) is 10.3 Å². The van der Waals surface area contributed by atoms with Crippen LogP contribution in [-0.2, 0) is 35.1 Å². The molecule has 1 amide bonds. The molecule has 0 radical (unpaired) electrons. The molecule has 0 fully saturated rings. The van der Waals surface area contributed by atoms with E-state index in [1.807, 2.05) is 24.3 Å². The van der Waals surface area contributed by atoms with Crippen molar-refractivity contribution in [2.75, 3.05) is 6.79 Å². The van der Waals surface area contributed by atoms with Crippen LogP contribution in [0.25, 0.3) is 10.9 Å². The van der Waals surface area contributed by atoms with E-state index < -0.39 is 48.1 Å². The molecule has 10 heteroatoms. The van der Waals surface area contributed by atoms with Crippen LogP contribution in [0, 0.1) is 5.41 Å². The molecule has 33 heavy (non-hydrogen) atoms. The Bertz CT molecular complexity index is 1050. The number of hydrogen-bond acceptors (Lipinski definition) is 7. The fraction of sp³-hybridized carbons (Fsp3) is 0.391. The smallest absolute Gasteiger partial charge is 0.331 e. The first-order valence-corrected chi connectivity index (χ1v) is 10.2. The first-order chi connectivity index (χ1) is 15.4. The number of aromatic amines is 1. The summed E-state index contributed by atoms with van der Waals surface area (Å²) in [5.41, 5.74) is 6.29. The van der Waals surface area contributed by atoms with Crippen molar-refractivity contribution in [2.45, 2.75) is 45.7 Å². The third-order valence-corrected chi connectivity index (χ3v) is 4.82. The van der Waals surface area contributed by atoms with Crippen LogP contribution >= 0.6 is 0 Å². The van der Waals surface area contributed by atoms with Gasteiger partial charge in [-0.1, -0.05) is 24.8 Å². The molecule has 0 saturated carbocycles. The van der Waals surface area contributed by atoms with Crippen LogP contribution in [0.3, 0.4) is 0 Å². The van der Waals surface area contributed by atoms with Crippen LogP contribution in [0.2, 0.25) is 0 Å². The van der Waals surface area contributed by atoms with Crippen LogP contribution in [0.15, 0.2) is 42.6 Å².